The maximum atomic E-state index is 4.62. The Labute approximate surface area is 108 Å². The van der Waals surface area contributed by atoms with Gasteiger partial charge in [-0.2, -0.15) is 0 Å². The van der Waals surface area contributed by atoms with E-state index in [4.69, 9.17) is 0 Å². The van der Waals surface area contributed by atoms with Crippen LogP contribution in [0.1, 0.15) is 30.8 Å². The van der Waals surface area contributed by atoms with Crippen LogP contribution in [-0.2, 0) is 0 Å². The van der Waals surface area contributed by atoms with E-state index in [9.17, 15) is 0 Å². The molecule has 1 aromatic heterocycles. The second kappa shape index (κ2) is 5.50. The Morgan fingerprint density at radius 1 is 1.00 bits per heavy atom. The van der Waals surface area contributed by atoms with E-state index in [1.165, 1.54) is 5.56 Å². The third-order valence-electron chi connectivity index (χ3n) is 2.74. The third kappa shape index (κ3) is 2.59. The Kier molecular flexibility index (Phi) is 3.78. The first kappa shape index (κ1) is 12.4. The van der Waals surface area contributed by atoms with Crippen LogP contribution in [0.3, 0.4) is 0 Å². The molecular weight excluding hydrogens is 220 g/mol. The molecule has 2 nitrogen and oxygen atoms in total. The van der Waals surface area contributed by atoms with Crippen molar-refractivity contribution < 1.29 is 0 Å². The van der Waals surface area contributed by atoms with E-state index in [-0.39, 0.29) is 0 Å². The molecule has 0 aliphatic carbocycles. The zero-order valence-corrected chi connectivity index (χ0v) is 11.1. The summed E-state index contributed by atoms with van der Waals surface area (Å²) in [6, 6.07) is 8.38. The highest BCUT2D eigenvalue weighted by Gasteiger charge is 2.06. The van der Waals surface area contributed by atoms with E-state index in [1.54, 1.807) is 0 Å². The van der Waals surface area contributed by atoms with E-state index >= 15 is 0 Å². The molecule has 0 atom stereocenters. The van der Waals surface area contributed by atoms with Crippen LogP contribution in [0.4, 0.5) is 0 Å². The van der Waals surface area contributed by atoms with Gasteiger partial charge in [0.15, 0.2) is 0 Å². The molecule has 2 heteroatoms. The lowest BCUT2D eigenvalue weighted by atomic mass is 10.1. The van der Waals surface area contributed by atoms with Crippen molar-refractivity contribution in [2.75, 3.05) is 0 Å². The van der Waals surface area contributed by atoms with Crippen molar-refractivity contribution in [2.24, 2.45) is 0 Å². The molecule has 0 spiro atoms. The topological polar surface area (TPSA) is 28.7 Å². The molecule has 0 amide bonds. The van der Waals surface area contributed by atoms with Crippen molar-refractivity contribution in [3.05, 3.63) is 53.4 Å². The summed E-state index contributed by atoms with van der Waals surface area (Å²) in [7, 11) is 0. The molecule has 0 aliphatic heterocycles. The molecule has 1 heterocycles. The number of benzene rings is 1. The predicted molar refractivity (Wildman–Crippen MR) is 78.2 cm³/mol. The lowest BCUT2D eigenvalue weighted by Crippen LogP contribution is -1.80. The van der Waals surface area contributed by atoms with Gasteiger partial charge in [0, 0.05) is 5.56 Å². The molecule has 1 N–H and O–H groups in total. The fraction of sp³-hybridized carbons (Fsp3) is 0.188. The Balaban J connectivity index is 2.45. The lowest BCUT2D eigenvalue weighted by Gasteiger charge is -1.96. The molecule has 92 valence electrons. The molecule has 2 rings (SSSR count). The van der Waals surface area contributed by atoms with Crippen LogP contribution in [0.5, 0.6) is 0 Å². The van der Waals surface area contributed by atoms with Gasteiger partial charge in [-0.25, -0.2) is 4.98 Å². The van der Waals surface area contributed by atoms with Crippen LogP contribution in [0.15, 0.2) is 36.4 Å². The van der Waals surface area contributed by atoms with E-state index < -0.39 is 0 Å². The number of H-pyrrole nitrogens is 1. The monoisotopic (exact) mass is 238 g/mol. The van der Waals surface area contributed by atoms with Crippen molar-refractivity contribution in [3.8, 4) is 11.4 Å². The van der Waals surface area contributed by atoms with Gasteiger partial charge in [0.25, 0.3) is 0 Å². The van der Waals surface area contributed by atoms with E-state index in [0.29, 0.717) is 0 Å². The Morgan fingerprint density at radius 3 is 2.28 bits per heavy atom. The van der Waals surface area contributed by atoms with Crippen LogP contribution < -0.4 is 0 Å². The molecule has 0 aliphatic rings. The number of hydrogen-bond acceptors (Lipinski definition) is 1. The van der Waals surface area contributed by atoms with Gasteiger partial charge < -0.3 is 4.98 Å². The molecule has 1 aromatic carbocycles. The van der Waals surface area contributed by atoms with E-state index in [0.717, 1.165) is 22.8 Å². The van der Waals surface area contributed by atoms with Crippen LogP contribution in [-0.4, -0.2) is 9.97 Å². The van der Waals surface area contributed by atoms with Gasteiger partial charge in [-0.3, -0.25) is 0 Å². The average Bonchev–Trinajstić information content (AvgIpc) is 2.75. The van der Waals surface area contributed by atoms with Gasteiger partial charge in [0.1, 0.15) is 5.82 Å². The zero-order chi connectivity index (χ0) is 13.0. The molecular formula is C16H18N2. The first-order valence-corrected chi connectivity index (χ1v) is 6.17. The van der Waals surface area contributed by atoms with Gasteiger partial charge in [-0.05, 0) is 32.9 Å². The zero-order valence-electron chi connectivity index (χ0n) is 11.1. The smallest absolute Gasteiger partial charge is 0.138 e. The Morgan fingerprint density at radius 2 is 1.67 bits per heavy atom. The van der Waals surface area contributed by atoms with Gasteiger partial charge in [-0.15, -0.1) is 0 Å². The summed E-state index contributed by atoms with van der Waals surface area (Å²) in [5.41, 5.74) is 4.40. The van der Waals surface area contributed by atoms with Crippen molar-refractivity contribution in [3.63, 3.8) is 0 Å². The van der Waals surface area contributed by atoms with Gasteiger partial charge in [-0.1, -0.05) is 42.0 Å². The Hall–Kier alpha value is -2.09. The van der Waals surface area contributed by atoms with Crippen LogP contribution in [0, 0.1) is 6.92 Å². The number of imidazole rings is 1. The maximum absolute atomic E-state index is 4.62. The van der Waals surface area contributed by atoms with E-state index in [2.05, 4.69) is 41.2 Å². The van der Waals surface area contributed by atoms with E-state index in [1.807, 2.05) is 38.2 Å². The number of hydrogen-bond donors (Lipinski definition) is 1. The summed E-state index contributed by atoms with van der Waals surface area (Å²) < 4.78 is 0. The molecule has 0 radical (unpaired) electrons. The molecule has 18 heavy (non-hydrogen) atoms. The number of nitrogens with zero attached hydrogens (tertiary/aromatic N) is 1. The van der Waals surface area contributed by atoms with Gasteiger partial charge in [0.2, 0.25) is 0 Å². The highest BCUT2D eigenvalue weighted by atomic mass is 14.9. The second-order valence-corrected chi connectivity index (χ2v) is 4.25. The molecule has 0 bridgehead atoms. The summed E-state index contributed by atoms with van der Waals surface area (Å²) in [6.45, 7) is 6.09. The number of aromatic amines is 1. The van der Waals surface area contributed by atoms with Crippen LogP contribution >= 0.6 is 0 Å². The molecule has 0 saturated heterocycles. The largest absolute Gasteiger partial charge is 0.338 e. The Bertz CT molecular complexity index is 542. The first-order valence-electron chi connectivity index (χ1n) is 6.17. The number of aromatic nitrogens is 2. The average molecular weight is 238 g/mol. The highest BCUT2D eigenvalue weighted by molar-refractivity contribution is 5.66. The van der Waals surface area contributed by atoms with Crippen molar-refractivity contribution in [1.29, 1.82) is 0 Å². The number of aryl methyl sites for hydroxylation is 1. The van der Waals surface area contributed by atoms with Crippen LogP contribution in [0.25, 0.3) is 23.5 Å². The fourth-order valence-corrected chi connectivity index (χ4v) is 1.83. The predicted octanol–water partition coefficient (Wildman–Crippen LogP) is 4.45. The minimum Gasteiger partial charge on any atom is -0.338 e. The minimum absolute atomic E-state index is 0.913. The molecule has 0 fully saturated rings. The summed E-state index contributed by atoms with van der Waals surface area (Å²) in [4.78, 5) is 7.98. The SMILES string of the molecule is C/C=C\c1nc(-c2ccc(C)cc2)[nH]c1/C=C/C. The number of rotatable bonds is 3. The second-order valence-electron chi connectivity index (χ2n) is 4.25. The van der Waals surface area contributed by atoms with Gasteiger partial charge >= 0.3 is 0 Å². The van der Waals surface area contributed by atoms with Crippen molar-refractivity contribution in [2.45, 2.75) is 20.8 Å². The normalized spacial score (nSPS) is 11.7. The highest BCUT2D eigenvalue weighted by Crippen LogP contribution is 2.20. The first-order chi connectivity index (χ1) is 8.74. The fourth-order valence-electron chi connectivity index (χ4n) is 1.83. The summed E-state index contributed by atoms with van der Waals surface area (Å²) in [6.07, 6.45) is 8.07. The third-order valence-corrected chi connectivity index (χ3v) is 2.74. The molecule has 2 aromatic rings. The van der Waals surface area contributed by atoms with Gasteiger partial charge in [0.05, 0.1) is 11.4 Å². The standard InChI is InChI=1S/C16H18N2/c1-4-6-14-15(7-5-2)18-16(17-14)13-10-8-12(3)9-11-13/h4-11H,1-3H3,(H,17,18)/b6-4-,7-5+. The summed E-state index contributed by atoms with van der Waals surface area (Å²) in [5.74, 6) is 0.913. The molecule has 0 saturated carbocycles. The summed E-state index contributed by atoms with van der Waals surface area (Å²) >= 11 is 0. The quantitative estimate of drug-likeness (QED) is 0.840. The lowest BCUT2D eigenvalue weighted by molar-refractivity contribution is 1.29. The minimum atomic E-state index is 0.913. The summed E-state index contributed by atoms with van der Waals surface area (Å²) in [5, 5.41) is 0. The maximum Gasteiger partial charge on any atom is 0.138 e. The molecule has 0 unspecified atom stereocenters. The number of allylic oxidation sites excluding steroid dienone is 2. The van der Waals surface area contributed by atoms with Crippen LogP contribution in [0.2, 0.25) is 0 Å². The van der Waals surface area contributed by atoms with Crippen molar-refractivity contribution >= 4 is 12.2 Å². The number of nitrogens with one attached hydrogen (secondary N) is 1. The van der Waals surface area contributed by atoms with Crippen molar-refractivity contribution in [1.82, 2.24) is 9.97 Å².